The molecule has 0 aliphatic heterocycles. The summed E-state index contributed by atoms with van der Waals surface area (Å²) in [6.45, 7) is 1.10. The lowest BCUT2D eigenvalue weighted by molar-refractivity contribution is 0.289. The monoisotopic (exact) mass is 408 g/mol. The van der Waals surface area contributed by atoms with Crippen LogP contribution in [0.25, 0.3) is 0 Å². The molecule has 4 aromatic carbocycles. The van der Waals surface area contributed by atoms with Gasteiger partial charge in [-0.3, -0.25) is 0 Å². The van der Waals surface area contributed by atoms with Crippen LogP contribution in [0, 0.1) is 0 Å². The van der Waals surface area contributed by atoms with Crippen LogP contribution < -0.4 is 9.47 Å². The molecule has 0 N–H and O–H groups in total. The van der Waals surface area contributed by atoms with Crippen molar-refractivity contribution in [3.8, 4) is 11.5 Å². The fraction of sp³-hybridized carbons (Fsp3) is 0.172. The third-order valence-corrected chi connectivity index (χ3v) is 5.21. The molecule has 0 atom stereocenters. The third-order valence-electron chi connectivity index (χ3n) is 5.21. The van der Waals surface area contributed by atoms with Gasteiger partial charge in [-0.05, 0) is 53.6 Å². The standard InChI is InChI=1S/C29H28O2/c1-4-11-24(12-5-1)17-10-18-27-19-28(30-22-25-13-6-2-7-14-25)21-29(20-27)31-23-26-15-8-3-9-16-26/h1-9,11-16,19-21H,10,17-18,22-23H2. The van der Waals surface area contributed by atoms with E-state index in [1.807, 2.05) is 42.5 Å². The van der Waals surface area contributed by atoms with Crippen molar-refractivity contribution in [2.45, 2.75) is 32.5 Å². The molecule has 2 nitrogen and oxygen atoms in total. The number of aryl methyl sites for hydroxylation is 2. The molecule has 0 radical (unpaired) electrons. The number of ether oxygens (including phenoxy) is 2. The summed E-state index contributed by atoms with van der Waals surface area (Å²) in [6.07, 6.45) is 3.14. The number of hydrogen-bond donors (Lipinski definition) is 0. The van der Waals surface area contributed by atoms with E-state index in [2.05, 4.69) is 66.7 Å². The van der Waals surface area contributed by atoms with Gasteiger partial charge in [0.25, 0.3) is 0 Å². The Morgan fingerprint density at radius 1 is 0.419 bits per heavy atom. The van der Waals surface area contributed by atoms with Gasteiger partial charge in [0, 0.05) is 6.07 Å². The van der Waals surface area contributed by atoms with Crippen LogP contribution in [0.5, 0.6) is 11.5 Å². The summed E-state index contributed by atoms with van der Waals surface area (Å²) in [5, 5.41) is 0. The second kappa shape index (κ2) is 11.0. The lowest BCUT2D eigenvalue weighted by Gasteiger charge is -2.13. The minimum absolute atomic E-state index is 0.548. The van der Waals surface area contributed by atoms with Crippen molar-refractivity contribution in [3.05, 3.63) is 131 Å². The molecule has 0 saturated carbocycles. The maximum absolute atomic E-state index is 6.11. The van der Waals surface area contributed by atoms with E-state index in [1.54, 1.807) is 0 Å². The van der Waals surface area contributed by atoms with Crippen molar-refractivity contribution in [2.24, 2.45) is 0 Å². The average Bonchev–Trinajstić information content (AvgIpc) is 2.83. The Morgan fingerprint density at radius 3 is 1.32 bits per heavy atom. The van der Waals surface area contributed by atoms with E-state index in [1.165, 1.54) is 11.1 Å². The molecule has 156 valence electrons. The lowest BCUT2D eigenvalue weighted by atomic mass is 10.0. The molecule has 0 aliphatic carbocycles. The second-order valence-electron chi connectivity index (χ2n) is 7.70. The number of rotatable bonds is 10. The molecule has 4 aromatic rings. The van der Waals surface area contributed by atoms with E-state index < -0.39 is 0 Å². The Kier molecular flexibility index (Phi) is 7.38. The molecule has 0 fully saturated rings. The zero-order chi connectivity index (χ0) is 21.1. The molecule has 2 heteroatoms. The molecular weight excluding hydrogens is 380 g/mol. The van der Waals surface area contributed by atoms with Crippen LogP contribution in [0.15, 0.2) is 109 Å². The van der Waals surface area contributed by atoms with Crippen LogP contribution >= 0.6 is 0 Å². The summed E-state index contributed by atoms with van der Waals surface area (Å²) in [4.78, 5) is 0. The van der Waals surface area contributed by atoms with Crippen molar-refractivity contribution in [1.82, 2.24) is 0 Å². The Bertz CT molecular complexity index is 982. The zero-order valence-corrected chi connectivity index (χ0v) is 17.7. The quantitative estimate of drug-likeness (QED) is 0.281. The van der Waals surface area contributed by atoms with Gasteiger partial charge >= 0.3 is 0 Å². The van der Waals surface area contributed by atoms with Gasteiger partial charge in [-0.25, -0.2) is 0 Å². The normalized spacial score (nSPS) is 10.6. The Morgan fingerprint density at radius 2 is 0.839 bits per heavy atom. The fourth-order valence-electron chi connectivity index (χ4n) is 3.56. The van der Waals surface area contributed by atoms with Crippen LogP contribution in [0.4, 0.5) is 0 Å². The first-order valence-corrected chi connectivity index (χ1v) is 10.9. The molecule has 0 aromatic heterocycles. The van der Waals surface area contributed by atoms with Gasteiger partial charge in [0.15, 0.2) is 0 Å². The predicted octanol–water partition coefficient (Wildman–Crippen LogP) is 7.02. The molecule has 0 saturated heterocycles. The van der Waals surface area contributed by atoms with Crippen molar-refractivity contribution in [3.63, 3.8) is 0 Å². The molecule has 31 heavy (non-hydrogen) atoms. The molecule has 0 bridgehead atoms. The second-order valence-corrected chi connectivity index (χ2v) is 7.70. The summed E-state index contributed by atoms with van der Waals surface area (Å²) in [5.74, 6) is 1.70. The molecule has 0 heterocycles. The van der Waals surface area contributed by atoms with Crippen molar-refractivity contribution in [1.29, 1.82) is 0 Å². The molecule has 0 amide bonds. The SMILES string of the molecule is c1ccc(CCCc2cc(OCc3ccccc3)cc(OCc3ccccc3)c2)cc1. The Labute approximate surface area is 185 Å². The highest BCUT2D eigenvalue weighted by atomic mass is 16.5. The summed E-state index contributed by atoms with van der Waals surface area (Å²) in [5.41, 5.74) is 4.93. The van der Waals surface area contributed by atoms with E-state index >= 15 is 0 Å². The van der Waals surface area contributed by atoms with E-state index in [-0.39, 0.29) is 0 Å². The highest BCUT2D eigenvalue weighted by Gasteiger charge is 2.06. The van der Waals surface area contributed by atoms with E-state index in [9.17, 15) is 0 Å². The zero-order valence-electron chi connectivity index (χ0n) is 17.7. The summed E-state index contributed by atoms with van der Waals surface area (Å²) in [6, 6.07) is 37.4. The topological polar surface area (TPSA) is 18.5 Å². The minimum Gasteiger partial charge on any atom is -0.489 e. The van der Waals surface area contributed by atoms with Crippen LogP contribution in [0.2, 0.25) is 0 Å². The smallest absolute Gasteiger partial charge is 0.123 e. The highest BCUT2D eigenvalue weighted by Crippen LogP contribution is 2.26. The molecule has 0 aliphatic rings. The fourth-order valence-corrected chi connectivity index (χ4v) is 3.56. The van der Waals surface area contributed by atoms with Crippen molar-refractivity contribution >= 4 is 0 Å². The summed E-state index contributed by atoms with van der Waals surface area (Å²) in [7, 11) is 0. The molecule has 0 unspecified atom stereocenters. The van der Waals surface area contributed by atoms with Crippen LogP contribution in [0.3, 0.4) is 0 Å². The van der Waals surface area contributed by atoms with E-state index in [0.717, 1.165) is 41.9 Å². The largest absolute Gasteiger partial charge is 0.489 e. The Hall–Kier alpha value is -3.52. The van der Waals surface area contributed by atoms with Crippen molar-refractivity contribution < 1.29 is 9.47 Å². The number of hydrogen-bond acceptors (Lipinski definition) is 2. The highest BCUT2D eigenvalue weighted by molar-refractivity contribution is 5.39. The van der Waals surface area contributed by atoms with Crippen LogP contribution in [-0.2, 0) is 26.1 Å². The molecule has 4 rings (SSSR count). The molecule has 0 spiro atoms. The Balaban J connectivity index is 1.43. The van der Waals surface area contributed by atoms with Gasteiger partial charge in [-0.15, -0.1) is 0 Å². The average molecular weight is 409 g/mol. The maximum atomic E-state index is 6.11. The van der Waals surface area contributed by atoms with Gasteiger partial charge in [-0.1, -0.05) is 91.0 Å². The maximum Gasteiger partial charge on any atom is 0.123 e. The van der Waals surface area contributed by atoms with Crippen LogP contribution in [0.1, 0.15) is 28.7 Å². The van der Waals surface area contributed by atoms with Gasteiger partial charge in [0.05, 0.1) is 0 Å². The van der Waals surface area contributed by atoms with Crippen molar-refractivity contribution in [2.75, 3.05) is 0 Å². The first-order valence-electron chi connectivity index (χ1n) is 10.9. The van der Waals surface area contributed by atoms with Gasteiger partial charge in [-0.2, -0.15) is 0 Å². The van der Waals surface area contributed by atoms with Gasteiger partial charge < -0.3 is 9.47 Å². The summed E-state index contributed by atoms with van der Waals surface area (Å²) >= 11 is 0. The molecular formula is C29H28O2. The van der Waals surface area contributed by atoms with Crippen LogP contribution in [-0.4, -0.2) is 0 Å². The van der Waals surface area contributed by atoms with E-state index in [0.29, 0.717) is 13.2 Å². The predicted molar refractivity (Wildman–Crippen MR) is 126 cm³/mol. The first-order chi connectivity index (χ1) is 15.3. The lowest BCUT2D eigenvalue weighted by Crippen LogP contribution is -2.00. The summed E-state index contributed by atoms with van der Waals surface area (Å²) < 4.78 is 12.2. The third kappa shape index (κ3) is 6.75. The van der Waals surface area contributed by atoms with E-state index in [4.69, 9.17) is 9.47 Å². The van der Waals surface area contributed by atoms with Gasteiger partial charge in [0.1, 0.15) is 24.7 Å². The first kappa shape index (κ1) is 20.7. The number of benzene rings is 4. The minimum atomic E-state index is 0.548. The van der Waals surface area contributed by atoms with Gasteiger partial charge in [0.2, 0.25) is 0 Å².